The molecule has 1 heterocycles. The van der Waals surface area contributed by atoms with Crippen molar-refractivity contribution in [2.24, 2.45) is 0 Å². The highest BCUT2D eigenvalue weighted by molar-refractivity contribution is 7.92. The molecule has 0 bridgehead atoms. The minimum absolute atomic E-state index is 0.0136. The average molecular weight is 363 g/mol. The Hall–Kier alpha value is -1.00. The smallest absolute Gasteiger partial charge is 0.243 e. The van der Waals surface area contributed by atoms with Gasteiger partial charge in [0.05, 0.1) is 35.2 Å². The molecule has 1 aliphatic heterocycles. The van der Waals surface area contributed by atoms with Gasteiger partial charge in [-0.15, -0.1) is 0 Å². The Morgan fingerprint density at radius 1 is 1.22 bits per heavy atom. The molecule has 0 saturated carbocycles. The number of rotatable bonds is 6. The number of hydrogen-bond donors (Lipinski definition) is 2. The molecule has 0 aliphatic carbocycles. The Balaban J connectivity index is 2.39. The van der Waals surface area contributed by atoms with E-state index < -0.39 is 50.1 Å². The van der Waals surface area contributed by atoms with Gasteiger partial charge in [0.15, 0.2) is 9.84 Å². The molecule has 0 radical (unpaired) electrons. The maximum absolute atomic E-state index is 12.8. The zero-order chi connectivity index (χ0) is 17.3. The molecule has 2 N–H and O–H groups in total. The minimum Gasteiger partial charge on any atom is -0.395 e. The van der Waals surface area contributed by atoms with Crippen molar-refractivity contribution < 1.29 is 27.0 Å². The highest BCUT2D eigenvalue weighted by Gasteiger charge is 2.44. The van der Waals surface area contributed by atoms with Gasteiger partial charge in [-0.1, -0.05) is 19.1 Å². The van der Waals surface area contributed by atoms with Crippen LogP contribution in [0, 0.1) is 0 Å². The van der Waals surface area contributed by atoms with Crippen molar-refractivity contribution in [2.75, 3.05) is 24.7 Å². The van der Waals surface area contributed by atoms with E-state index in [9.17, 15) is 21.9 Å². The van der Waals surface area contributed by atoms with Crippen LogP contribution in [-0.4, -0.2) is 68.2 Å². The number of sulfone groups is 1. The second kappa shape index (κ2) is 6.86. The van der Waals surface area contributed by atoms with E-state index in [0.29, 0.717) is 0 Å². The molecule has 1 saturated heterocycles. The lowest BCUT2D eigenvalue weighted by Crippen LogP contribution is -2.47. The van der Waals surface area contributed by atoms with Gasteiger partial charge < -0.3 is 10.2 Å². The number of aryl methyl sites for hydroxylation is 1. The molecule has 1 aromatic carbocycles. The molecule has 2 atom stereocenters. The van der Waals surface area contributed by atoms with Crippen molar-refractivity contribution in [3.05, 3.63) is 29.8 Å². The Morgan fingerprint density at radius 2 is 1.83 bits per heavy atom. The molecular formula is C14H21NO6S2. The number of benzene rings is 1. The molecular weight excluding hydrogens is 342 g/mol. The first-order chi connectivity index (χ1) is 10.7. The van der Waals surface area contributed by atoms with Crippen LogP contribution < -0.4 is 0 Å². The van der Waals surface area contributed by atoms with Crippen LogP contribution in [-0.2, 0) is 26.3 Å². The summed E-state index contributed by atoms with van der Waals surface area (Å²) < 4.78 is 49.8. The lowest BCUT2D eigenvalue weighted by atomic mass is 10.2. The SMILES string of the molecule is CCc1ccc(S(=O)(=O)N(CCO)[C@@H]2CS(=O)(=O)C[C@H]2O)cc1. The first-order valence-corrected chi connectivity index (χ1v) is 10.6. The third-order valence-electron chi connectivity index (χ3n) is 3.92. The van der Waals surface area contributed by atoms with Crippen molar-refractivity contribution in [1.29, 1.82) is 0 Å². The highest BCUT2D eigenvalue weighted by atomic mass is 32.2. The Morgan fingerprint density at radius 3 is 2.26 bits per heavy atom. The van der Waals surface area contributed by atoms with Crippen LogP contribution in [0.5, 0.6) is 0 Å². The highest BCUT2D eigenvalue weighted by Crippen LogP contribution is 2.25. The summed E-state index contributed by atoms with van der Waals surface area (Å²) in [5.74, 6) is -0.912. The first kappa shape index (κ1) is 18.3. The van der Waals surface area contributed by atoms with Gasteiger partial charge in [0.1, 0.15) is 0 Å². The Labute approximate surface area is 136 Å². The van der Waals surface area contributed by atoms with E-state index in [1.54, 1.807) is 12.1 Å². The van der Waals surface area contributed by atoms with Crippen LogP contribution in [0.4, 0.5) is 0 Å². The predicted octanol–water partition coefficient (Wildman–Crippen LogP) is -0.610. The molecule has 130 valence electrons. The van der Waals surface area contributed by atoms with Gasteiger partial charge in [-0.2, -0.15) is 4.31 Å². The molecule has 1 aromatic rings. The van der Waals surface area contributed by atoms with Crippen molar-refractivity contribution in [3.63, 3.8) is 0 Å². The van der Waals surface area contributed by atoms with Gasteiger partial charge in [0.25, 0.3) is 0 Å². The zero-order valence-electron chi connectivity index (χ0n) is 12.8. The maximum Gasteiger partial charge on any atom is 0.243 e. The van der Waals surface area contributed by atoms with Gasteiger partial charge >= 0.3 is 0 Å². The van der Waals surface area contributed by atoms with E-state index in [4.69, 9.17) is 5.11 Å². The topological polar surface area (TPSA) is 112 Å². The summed E-state index contributed by atoms with van der Waals surface area (Å²) in [5.41, 5.74) is 0.973. The monoisotopic (exact) mass is 363 g/mol. The zero-order valence-corrected chi connectivity index (χ0v) is 14.4. The Kier molecular flexibility index (Phi) is 5.47. The van der Waals surface area contributed by atoms with E-state index in [-0.39, 0.29) is 11.4 Å². The number of aliphatic hydroxyl groups is 2. The van der Waals surface area contributed by atoms with Crippen LogP contribution >= 0.6 is 0 Å². The van der Waals surface area contributed by atoms with Crippen molar-refractivity contribution >= 4 is 19.9 Å². The van der Waals surface area contributed by atoms with Crippen LogP contribution in [0.1, 0.15) is 12.5 Å². The summed E-state index contributed by atoms with van der Waals surface area (Å²) in [6.45, 7) is 1.21. The number of hydrogen-bond acceptors (Lipinski definition) is 6. The minimum atomic E-state index is -4.01. The second-order valence-corrected chi connectivity index (χ2v) is 9.59. The molecule has 0 amide bonds. The van der Waals surface area contributed by atoms with Crippen molar-refractivity contribution in [3.8, 4) is 0 Å². The molecule has 0 unspecified atom stereocenters. The average Bonchev–Trinajstić information content (AvgIpc) is 2.77. The summed E-state index contributed by atoms with van der Waals surface area (Å²) >= 11 is 0. The maximum atomic E-state index is 12.8. The fourth-order valence-electron chi connectivity index (χ4n) is 2.68. The number of aliphatic hydroxyl groups excluding tert-OH is 2. The van der Waals surface area contributed by atoms with Crippen LogP contribution in [0.3, 0.4) is 0 Å². The number of sulfonamides is 1. The summed E-state index contributed by atoms with van der Waals surface area (Å²) in [6.07, 6.45) is -0.531. The molecule has 1 aliphatic rings. The molecule has 0 aromatic heterocycles. The Bertz CT molecular complexity index is 742. The fraction of sp³-hybridized carbons (Fsp3) is 0.571. The molecule has 1 fully saturated rings. The lowest BCUT2D eigenvalue weighted by Gasteiger charge is -2.28. The molecule has 9 heteroatoms. The van der Waals surface area contributed by atoms with Crippen LogP contribution in [0.25, 0.3) is 0 Å². The third kappa shape index (κ3) is 3.92. The van der Waals surface area contributed by atoms with E-state index in [1.165, 1.54) is 12.1 Å². The largest absolute Gasteiger partial charge is 0.395 e. The fourth-order valence-corrected chi connectivity index (χ4v) is 6.22. The van der Waals surface area contributed by atoms with E-state index in [2.05, 4.69) is 0 Å². The summed E-state index contributed by atoms with van der Waals surface area (Å²) in [6, 6.07) is 5.20. The summed E-state index contributed by atoms with van der Waals surface area (Å²) in [7, 11) is -7.50. The van der Waals surface area contributed by atoms with Gasteiger partial charge in [-0.05, 0) is 24.1 Å². The van der Waals surface area contributed by atoms with Gasteiger partial charge in [0, 0.05) is 6.54 Å². The quantitative estimate of drug-likeness (QED) is 0.697. The number of nitrogens with zero attached hydrogens (tertiary/aromatic N) is 1. The predicted molar refractivity (Wildman–Crippen MR) is 85.2 cm³/mol. The second-order valence-electron chi connectivity index (χ2n) is 5.55. The van der Waals surface area contributed by atoms with E-state index >= 15 is 0 Å². The summed E-state index contributed by atoms with van der Waals surface area (Å²) in [4.78, 5) is 0.0136. The van der Waals surface area contributed by atoms with Gasteiger partial charge in [-0.3, -0.25) is 0 Å². The van der Waals surface area contributed by atoms with Gasteiger partial charge in [-0.25, -0.2) is 16.8 Å². The molecule has 23 heavy (non-hydrogen) atoms. The molecule has 7 nitrogen and oxygen atoms in total. The third-order valence-corrected chi connectivity index (χ3v) is 7.56. The first-order valence-electron chi connectivity index (χ1n) is 7.31. The standard InChI is InChI=1S/C14H21NO6S2/c1-2-11-3-5-12(6-4-11)23(20,21)15(7-8-16)13-9-22(18,19)10-14(13)17/h3-6,13-14,16-17H,2,7-10H2,1H3/t13-,14-/m1/s1. The van der Waals surface area contributed by atoms with E-state index in [1.807, 2.05) is 6.92 Å². The summed E-state index contributed by atoms with van der Waals surface area (Å²) in [5, 5.41) is 19.1. The molecule has 2 rings (SSSR count). The van der Waals surface area contributed by atoms with Crippen molar-refractivity contribution in [2.45, 2.75) is 30.4 Å². The normalized spacial score (nSPS) is 24.2. The van der Waals surface area contributed by atoms with Crippen molar-refractivity contribution in [1.82, 2.24) is 4.31 Å². The molecule has 0 spiro atoms. The van der Waals surface area contributed by atoms with Crippen LogP contribution in [0.2, 0.25) is 0 Å². The van der Waals surface area contributed by atoms with E-state index in [0.717, 1.165) is 16.3 Å². The lowest BCUT2D eigenvalue weighted by molar-refractivity contribution is 0.117. The van der Waals surface area contributed by atoms with Crippen LogP contribution in [0.15, 0.2) is 29.2 Å². The van der Waals surface area contributed by atoms with Gasteiger partial charge in [0.2, 0.25) is 10.0 Å².